The normalized spacial score (nSPS) is 11.3. The minimum atomic E-state index is -0.372. The fraction of sp³-hybridized carbons (Fsp3) is 0.167. The smallest absolute Gasteiger partial charge is 0.330 e. The molecule has 0 saturated heterocycles. The van der Waals surface area contributed by atoms with E-state index >= 15 is 0 Å². The molecule has 23 heavy (non-hydrogen) atoms. The fourth-order valence-electron chi connectivity index (χ4n) is 2.38. The van der Waals surface area contributed by atoms with E-state index < -0.39 is 0 Å². The third-order valence-corrected chi connectivity index (χ3v) is 3.73. The van der Waals surface area contributed by atoms with Crippen molar-refractivity contribution in [3.05, 3.63) is 65.2 Å². The second-order valence-corrected chi connectivity index (χ2v) is 5.56. The molecule has 2 heterocycles. The molecule has 4 nitrogen and oxygen atoms in total. The van der Waals surface area contributed by atoms with Crippen LogP contribution in [-0.2, 0) is 16.0 Å². The van der Waals surface area contributed by atoms with Gasteiger partial charge in [0.1, 0.15) is 5.76 Å². The van der Waals surface area contributed by atoms with Gasteiger partial charge in [0.25, 0.3) is 0 Å². The predicted molar refractivity (Wildman–Crippen MR) is 90.3 cm³/mol. The summed E-state index contributed by atoms with van der Waals surface area (Å²) in [5.74, 6) is 0.251. The van der Waals surface area contributed by atoms with Crippen LogP contribution in [0, 0.1) is 0 Å². The third kappa shape index (κ3) is 4.05. The molecule has 1 aromatic carbocycles. The van der Waals surface area contributed by atoms with E-state index in [0.717, 1.165) is 23.7 Å². The number of furan rings is 1. The summed E-state index contributed by atoms with van der Waals surface area (Å²) in [5.41, 5.74) is 2.23. The maximum Gasteiger partial charge on any atom is 0.330 e. The van der Waals surface area contributed by atoms with Crippen LogP contribution in [-0.4, -0.2) is 17.6 Å². The summed E-state index contributed by atoms with van der Waals surface area (Å²) >= 11 is 6.03. The lowest BCUT2D eigenvalue weighted by molar-refractivity contribution is -0.137. The van der Waals surface area contributed by atoms with Crippen LogP contribution in [0.1, 0.15) is 17.7 Å². The molecule has 2 aromatic heterocycles. The van der Waals surface area contributed by atoms with E-state index in [1.165, 1.54) is 11.6 Å². The Bertz CT molecular complexity index is 818. The van der Waals surface area contributed by atoms with E-state index in [2.05, 4.69) is 4.98 Å². The van der Waals surface area contributed by atoms with Gasteiger partial charge in [-0.2, -0.15) is 0 Å². The predicted octanol–water partition coefficient (Wildman–Crippen LogP) is 4.60. The highest BCUT2D eigenvalue weighted by atomic mass is 35.5. The molecule has 0 aliphatic heterocycles. The van der Waals surface area contributed by atoms with E-state index in [-0.39, 0.29) is 5.97 Å². The number of hydrogen-bond acceptors (Lipinski definition) is 3. The first-order valence-corrected chi connectivity index (χ1v) is 7.74. The Morgan fingerprint density at radius 2 is 2.26 bits per heavy atom. The lowest BCUT2D eigenvalue weighted by Gasteiger charge is -2.02. The topological polar surface area (TPSA) is 55.2 Å². The van der Waals surface area contributed by atoms with Crippen molar-refractivity contribution >= 4 is 34.5 Å². The highest BCUT2D eigenvalue weighted by molar-refractivity contribution is 6.31. The van der Waals surface area contributed by atoms with Gasteiger partial charge in [0, 0.05) is 28.2 Å². The van der Waals surface area contributed by atoms with Crippen LogP contribution < -0.4 is 0 Å². The monoisotopic (exact) mass is 329 g/mol. The van der Waals surface area contributed by atoms with Crippen molar-refractivity contribution in [1.82, 2.24) is 4.98 Å². The van der Waals surface area contributed by atoms with Crippen LogP contribution >= 0.6 is 11.6 Å². The third-order valence-electron chi connectivity index (χ3n) is 3.49. The first-order valence-electron chi connectivity index (χ1n) is 7.36. The highest BCUT2D eigenvalue weighted by Crippen LogP contribution is 2.23. The van der Waals surface area contributed by atoms with E-state index in [1.54, 1.807) is 24.5 Å². The summed E-state index contributed by atoms with van der Waals surface area (Å²) in [7, 11) is 0. The number of aromatic nitrogens is 1. The van der Waals surface area contributed by atoms with Gasteiger partial charge in [-0.1, -0.05) is 11.6 Å². The molecule has 0 saturated carbocycles. The van der Waals surface area contributed by atoms with E-state index in [1.807, 2.05) is 24.4 Å². The quantitative estimate of drug-likeness (QED) is 0.408. The molecule has 3 aromatic rings. The molecule has 0 bridgehead atoms. The fourth-order valence-corrected chi connectivity index (χ4v) is 2.55. The summed E-state index contributed by atoms with van der Waals surface area (Å²) in [5, 5.41) is 1.83. The highest BCUT2D eigenvalue weighted by Gasteiger charge is 2.05. The Balaban J connectivity index is 1.47. The molecule has 3 rings (SSSR count). The number of esters is 1. The van der Waals surface area contributed by atoms with Gasteiger partial charge in [-0.05, 0) is 54.8 Å². The molecule has 0 unspecified atom stereocenters. The van der Waals surface area contributed by atoms with Crippen molar-refractivity contribution in [1.29, 1.82) is 0 Å². The molecule has 0 spiro atoms. The number of aromatic amines is 1. The Kier molecular flexibility index (Phi) is 4.83. The average molecular weight is 330 g/mol. The van der Waals surface area contributed by atoms with Crippen molar-refractivity contribution in [2.45, 2.75) is 12.8 Å². The van der Waals surface area contributed by atoms with Crippen molar-refractivity contribution < 1.29 is 13.9 Å². The van der Waals surface area contributed by atoms with E-state index in [9.17, 15) is 4.79 Å². The van der Waals surface area contributed by atoms with Crippen LogP contribution in [0.3, 0.4) is 0 Å². The Morgan fingerprint density at radius 1 is 1.35 bits per heavy atom. The number of carbonyl (C=O) groups excluding carboxylic acids is 1. The molecule has 0 aliphatic rings. The maximum absolute atomic E-state index is 11.6. The molecule has 0 fully saturated rings. The molecular formula is C18H16ClNO3. The summed E-state index contributed by atoms with van der Waals surface area (Å²) in [4.78, 5) is 14.8. The van der Waals surface area contributed by atoms with Crippen LogP contribution in [0.5, 0.6) is 0 Å². The van der Waals surface area contributed by atoms with Gasteiger partial charge in [0.05, 0.1) is 12.9 Å². The standard InChI is InChI=1S/C18H16ClNO3/c19-14-5-7-17-16(11-14)13(12-20-17)3-1-10-23-18(21)8-6-15-4-2-9-22-15/h2,4-9,11-12,20H,1,3,10H2/b8-6+. The van der Waals surface area contributed by atoms with Crippen LogP contribution in [0.4, 0.5) is 0 Å². The lowest BCUT2D eigenvalue weighted by Crippen LogP contribution is -2.03. The zero-order valence-electron chi connectivity index (χ0n) is 12.4. The SMILES string of the molecule is O=C(/C=C/c1ccco1)OCCCc1c[nH]c2ccc(Cl)cc12. The van der Waals surface area contributed by atoms with Crippen molar-refractivity contribution in [2.24, 2.45) is 0 Å². The number of carbonyl (C=O) groups is 1. The van der Waals surface area contributed by atoms with Crippen LogP contribution in [0.2, 0.25) is 5.02 Å². The van der Waals surface area contributed by atoms with Crippen LogP contribution in [0.15, 0.2) is 53.3 Å². The molecule has 0 aliphatic carbocycles. The Morgan fingerprint density at radius 3 is 3.09 bits per heavy atom. The summed E-state index contributed by atoms with van der Waals surface area (Å²) < 4.78 is 10.3. The van der Waals surface area contributed by atoms with Gasteiger partial charge in [0.15, 0.2) is 0 Å². The number of fused-ring (bicyclic) bond motifs is 1. The number of nitrogens with one attached hydrogen (secondary N) is 1. The van der Waals surface area contributed by atoms with Crippen molar-refractivity contribution in [3.8, 4) is 0 Å². The average Bonchev–Trinajstić information content (AvgIpc) is 3.19. The summed E-state index contributed by atoms with van der Waals surface area (Å²) in [6, 6.07) is 9.29. The van der Waals surface area contributed by atoms with Gasteiger partial charge in [0.2, 0.25) is 0 Å². The summed E-state index contributed by atoms with van der Waals surface area (Å²) in [6.45, 7) is 0.370. The number of hydrogen-bond donors (Lipinski definition) is 1. The van der Waals surface area contributed by atoms with Crippen molar-refractivity contribution in [2.75, 3.05) is 6.61 Å². The number of H-pyrrole nitrogens is 1. The first kappa shape index (κ1) is 15.4. The van der Waals surface area contributed by atoms with Gasteiger partial charge in [-0.3, -0.25) is 0 Å². The van der Waals surface area contributed by atoms with Gasteiger partial charge in [-0.25, -0.2) is 4.79 Å². The number of benzene rings is 1. The largest absolute Gasteiger partial charge is 0.465 e. The second kappa shape index (κ2) is 7.20. The molecular weight excluding hydrogens is 314 g/mol. The summed E-state index contributed by atoms with van der Waals surface area (Å²) in [6.07, 6.45) is 8.04. The molecule has 0 amide bonds. The molecule has 1 N–H and O–H groups in total. The van der Waals surface area contributed by atoms with Crippen LogP contribution in [0.25, 0.3) is 17.0 Å². The van der Waals surface area contributed by atoms with Gasteiger partial charge in [-0.15, -0.1) is 0 Å². The van der Waals surface area contributed by atoms with E-state index in [0.29, 0.717) is 17.4 Å². The molecule has 0 atom stereocenters. The van der Waals surface area contributed by atoms with Crippen molar-refractivity contribution in [3.63, 3.8) is 0 Å². The second-order valence-electron chi connectivity index (χ2n) is 5.12. The zero-order chi connectivity index (χ0) is 16.1. The molecule has 5 heteroatoms. The Hall–Kier alpha value is -2.46. The first-order chi connectivity index (χ1) is 11.2. The van der Waals surface area contributed by atoms with Gasteiger partial charge >= 0.3 is 5.97 Å². The Labute approximate surface area is 138 Å². The molecule has 0 radical (unpaired) electrons. The minimum absolute atomic E-state index is 0.370. The van der Waals surface area contributed by atoms with E-state index in [4.69, 9.17) is 20.8 Å². The number of aryl methyl sites for hydroxylation is 1. The number of halogens is 1. The molecule has 118 valence electrons. The maximum atomic E-state index is 11.6. The minimum Gasteiger partial charge on any atom is -0.465 e. The lowest BCUT2D eigenvalue weighted by atomic mass is 10.1. The number of ether oxygens (including phenoxy) is 1. The number of rotatable bonds is 6. The van der Waals surface area contributed by atoms with Gasteiger partial charge < -0.3 is 14.1 Å². The zero-order valence-corrected chi connectivity index (χ0v) is 13.2.